The normalized spacial score (nSPS) is 30.2. The molecule has 1 heterocycles. The van der Waals surface area contributed by atoms with E-state index in [2.05, 4.69) is 23.3 Å². The first-order valence-electron chi connectivity index (χ1n) is 13.2. The Balaban J connectivity index is 1.38. The second-order valence-electron chi connectivity index (χ2n) is 11.3. The number of hydrogen-bond donors (Lipinski definition) is 3. The van der Waals surface area contributed by atoms with E-state index in [1.165, 1.54) is 29.4 Å². The fourth-order valence-corrected chi connectivity index (χ4v) is 8.90. The highest BCUT2D eigenvalue weighted by molar-refractivity contribution is 7.46. The average molecular weight is 563 g/mol. The number of phosphoric acid groups is 1. The third kappa shape index (κ3) is 5.61. The molecule has 0 radical (unpaired) electrons. The molecule has 2 aromatic rings. The molecule has 2 saturated carbocycles. The number of amides is 1. The zero-order chi connectivity index (χ0) is 27.2. The molecule has 0 aliphatic heterocycles. The van der Waals surface area contributed by atoms with Gasteiger partial charge in [-0.25, -0.2) is 9.55 Å². The molecule has 1 amide bonds. The van der Waals surface area contributed by atoms with Crippen molar-refractivity contribution < 1.29 is 33.2 Å². The lowest BCUT2D eigenvalue weighted by Gasteiger charge is -2.52. The van der Waals surface area contributed by atoms with Gasteiger partial charge in [-0.1, -0.05) is 13.0 Å². The van der Waals surface area contributed by atoms with Crippen molar-refractivity contribution in [3.05, 3.63) is 40.4 Å². The zero-order valence-corrected chi connectivity index (χ0v) is 23.6. The highest BCUT2D eigenvalue weighted by Gasteiger charge is 2.60. The van der Waals surface area contributed by atoms with Crippen LogP contribution in [0, 0.1) is 30.1 Å². The number of carbonyl (C=O) groups is 2. The number of nitrogens with zero attached hydrogens (tertiary/aromatic N) is 1. The molecule has 6 atom stereocenters. The number of hydrogen-bond acceptors (Lipinski definition) is 7. The zero-order valence-electron chi connectivity index (χ0n) is 21.9. The fraction of sp³-hybridized carbons (Fsp3) is 0.593. The molecule has 3 N–H and O–H groups in total. The number of thiazole rings is 1. The summed E-state index contributed by atoms with van der Waals surface area (Å²) in [5.74, 6) is 1.04. The van der Waals surface area contributed by atoms with Gasteiger partial charge in [0.05, 0.1) is 6.10 Å². The SMILES string of the molecule is CC(=O)Oc1ccc2c(c1)CCC1C2CC[C@@]2(C)C1[C@H](CCC(=O)Nc1ncc(C)s1)C[C@@H]2OP(=O)(O)O. The first-order chi connectivity index (χ1) is 17.9. The quantitative estimate of drug-likeness (QED) is 0.233. The number of benzene rings is 1. The summed E-state index contributed by atoms with van der Waals surface area (Å²) in [7, 11) is -4.66. The predicted octanol–water partition coefficient (Wildman–Crippen LogP) is 5.36. The Morgan fingerprint density at radius 1 is 1.29 bits per heavy atom. The predicted molar refractivity (Wildman–Crippen MR) is 143 cm³/mol. The van der Waals surface area contributed by atoms with Crippen LogP contribution in [0.25, 0.3) is 0 Å². The Kier molecular flexibility index (Phi) is 7.57. The van der Waals surface area contributed by atoms with Crippen LogP contribution < -0.4 is 10.1 Å². The van der Waals surface area contributed by atoms with Gasteiger partial charge in [-0.05, 0) is 97.8 Å². The molecule has 0 saturated heterocycles. The van der Waals surface area contributed by atoms with Gasteiger partial charge in [-0.15, -0.1) is 11.3 Å². The van der Waals surface area contributed by atoms with Gasteiger partial charge in [0.1, 0.15) is 5.75 Å². The molecule has 11 heteroatoms. The van der Waals surface area contributed by atoms with Crippen molar-refractivity contribution in [2.45, 2.75) is 77.7 Å². The van der Waals surface area contributed by atoms with Crippen LogP contribution in [-0.2, 0) is 25.1 Å². The molecular formula is C27H35N2O7PS. The van der Waals surface area contributed by atoms with Gasteiger partial charge in [0, 0.05) is 24.4 Å². The van der Waals surface area contributed by atoms with Gasteiger partial charge in [0.2, 0.25) is 5.91 Å². The molecule has 206 valence electrons. The van der Waals surface area contributed by atoms with Crippen LogP contribution in [0.4, 0.5) is 5.13 Å². The number of esters is 1. The van der Waals surface area contributed by atoms with E-state index < -0.39 is 13.9 Å². The van der Waals surface area contributed by atoms with E-state index in [9.17, 15) is 23.9 Å². The van der Waals surface area contributed by atoms with Crippen molar-refractivity contribution in [3.8, 4) is 5.75 Å². The number of ether oxygens (including phenoxy) is 1. The highest BCUT2D eigenvalue weighted by Crippen LogP contribution is 2.65. The lowest BCUT2D eigenvalue weighted by molar-refractivity contribution is -0.131. The van der Waals surface area contributed by atoms with Crippen LogP contribution in [0.3, 0.4) is 0 Å². The molecule has 5 rings (SSSR count). The average Bonchev–Trinajstić information content (AvgIpc) is 3.35. The molecule has 1 aromatic carbocycles. The Morgan fingerprint density at radius 3 is 2.76 bits per heavy atom. The van der Waals surface area contributed by atoms with Crippen molar-refractivity contribution in [1.82, 2.24) is 4.98 Å². The molecule has 3 aliphatic rings. The standard InChI is InChI=1S/C27H35N2O7PS/c1-15-14-28-26(38-15)29-24(31)9-5-18-13-23(36-37(32,33)34)27(3)11-10-21-20-8-6-19(35-16(2)30)12-17(20)4-7-22(21)25(18)27/h6,8,12,14,18,21-23,25H,4-5,7,9-11,13H2,1-3H3,(H,28,29,31)(H2,32,33,34)/t18-,21?,22?,23+,25?,27-/m1/s1. The molecule has 0 bridgehead atoms. The largest absolute Gasteiger partial charge is 0.469 e. The number of aromatic nitrogens is 1. The van der Waals surface area contributed by atoms with E-state index in [0.29, 0.717) is 42.0 Å². The van der Waals surface area contributed by atoms with Crippen LogP contribution >= 0.6 is 19.2 Å². The van der Waals surface area contributed by atoms with E-state index in [4.69, 9.17) is 9.26 Å². The minimum atomic E-state index is -4.66. The number of fused-ring (bicyclic) bond motifs is 5. The molecule has 2 fully saturated rings. The van der Waals surface area contributed by atoms with Crippen molar-refractivity contribution in [1.29, 1.82) is 0 Å². The van der Waals surface area contributed by atoms with Crippen LogP contribution in [0.2, 0.25) is 0 Å². The van der Waals surface area contributed by atoms with Crippen LogP contribution in [-0.4, -0.2) is 32.8 Å². The van der Waals surface area contributed by atoms with Gasteiger partial charge in [0.25, 0.3) is 0 Å². The Bertz CT molecular complexity index is 1280. The lowest BCUT2D eigenvalue weighted by atomic mass is 9.53. The number of rotatable bonds is 7. The second kappa shape index (κ2) is 10.5. The van der Waals surface area contributed by atoms with Crippen molar-refractivity contribution >= 4 is 36.2 Å². The van der Waals surface area contributed by atoms with Gasteiger partial charge in [-0.3, -0.25) is 14.1 Å². The number of aryl methyl sites for hydroxylation is 2. The Morgan fingerprint density at radius 2 is 2.08 bits per heavy atom. The van der Waals surface area contributed by atoms with Crippen molar-refractivity contribution in [2.24, 2.45) is 23.2 Å². The highest BCUT2D eigenvalue weighted by atomic mass is 32.1. The Labute approximate surface area is 226 Å². The number of anilines is 1. The van der Waals surface area contributed by atoms with E-state index >= 15 is 0 Å². The van der Waals surface area contributed by atoms with Crippen molar-refractivity contribution in [2.75, 3.05) is 5.32 Å². The molecule has 1 aromatic heterocycles. The summed E-state index contributed by atoms with van der Waals surface area (Å²) >= 11 is 1.43. The summed E-state index contributed by atoms with van der Waals surface area (Å²) < 4.78 is 22.6. The summed E-state index contributed by atoms with van der Waals surface area (Å²) in [6.45, 7) is 5.45. The van der Waals surface area contributed by atoms with E-state index in [0.717, 1.165) is 30.6 Å². The smallest absolute Gasteiger partial charge is 0.427 e. The summed E-state index contributed by atoms with van der Waals surface area (Å²) in [5.41, 5.74) is 2.09. The minimum Gasteiger partial charge on any atom is -0.427 e. The topological polar surface area (TPSA) is 135 Å². The van der Waals surface area contributed by atoms with Crippen molar-refractivity contribution in [3.63, 3.8) is 0 Å². The maximum Gasteiger partial charge on any atom is 0.469 e. The number of phosphoric ester groups is 1. The fourth-order valence-electron chi connectivity index (χ4n) is 7.56. The molecule has 9 nitrogen and oxygen atoms in total. The summed E-state index contributed by atoms with van der Waals surface area (Å²) in [5, 5.41) is 3.47. The van der Waals surface area contributed by atoms with Gasteiger partial charge < -0.3 is 19.8 Å². The molecule has 3 unspecified atom stereocenters. The van der Waals surface area contributed by atoms with Crippen LogP contribution in [0.1, 0.15) is 74.3 Å². The number of carbonyl (C=O) groups excluding carboxylic acids is 2. The Hall–Kier alpha value is -2.10. The third-order valence-electron chi connectivity index (χ3n) is 8.89. The van der Waals surface area contributed by atoms with Gasteiger partial charge >= 0.3 is 13.8 Å². The number of nitrogens with one attached hydrogen (secondary N) is 1. The van der Waals surface area contributed by atoms with Crippen LogP contribution in [0.15, 0.2) is 24.4 Å². The van der Waals surface area contributed by atoms with Crippen LogP contribution in [0.5, 0.6) is 5.75 Å². The van der Waals surface area contributed by atoms with E-state index in [1.54, 1.807) is 6.20 Å². The monoisotopic (exact) mass is 562 g/mol. The summed E-state index contributed by atoms with van der Waals surface area (Å²) in [6, 6.07) is 5.90. The third-order valence-corrected chi connectivity index (χ3v) is 10.2. The first-order valence-corrected chi connectivity index (χ1v) is 15.5. The molecular weight excluding hydrogens is 527 g/mol. The summed E-state index contributed by atoms with van der Waals surface area (Å²) in [4.78, 5) is 48.8. The maximum absolute atomic E-state index is 12.7. The van der Waals surface area contributed by atoms with E-state index in [1.807, 2.05) is 19.1 Å². The minimum absolute atomic E-state index is 0.0974. The van der Waals surface area contributed by atoms with Gasteiger partial charge in [0.15, 0.2) is 5.13 Å². The summed E-state index contributed by atoms with van der Waals surface area (Å²) in [6.07, 6.45) is 6.10. The van der Waals surface area contributed by atoms with Gasteiger partial charge in [-0.2, -0.15) is 0 Å². The maximum atomic E-state index is 12.7. The lowest BCUT2D eigenvalue weighted by Crippen LogP contribution is -2.45. The molecule has 3 aliphatic carbocycles. The molecule has 38 heavy (non-hydrogen) atoms. The first kappa shape index (κ1) is 27.5. The van der Waals surface area contributed by atoms with E-state index in [-0.39, 0.29) is 29.1 Å². The second-order valence-corrected chi connectivity index (χ2v) is 13.7. The molecule has 0 spiro atoms.